The zero-order chi connectivity index (χ0) is 7.28. The molecule has 0 heterocycles. The van der Waals surface area contributed by atoms with Gasteiger partial charge in [0.2, 0.25) is 0 Å². The first-order valence-corrected chi connectivity index (χ1v) is 2.73. The summed E-state index contributed by atoms with van der Waals surface area (Å²) in [7, 11) is 1.58. The van der Waals surface area contributed by atoms with Crippen molar-refractivity contribution in [1.82, 2.24) is 5.32 Å². The van der Waals surface area contributed by atoms with Gasteiger partial charge in [0.05, 0.1) is 6.10 Å². The number of carbonyl (C=O) groups excluding carboxylic acids is 1. The van der Waals surface area contributed by atoms with Crippen LogP contribution in [0.25, 0.3) is 0 Å². The summed E-state index contributed by atoms with van der Waals surface area (Å²) in [6, 6.07) is -0.515. The monoisotopic (exact) mass is 334 g/mol. The van der Waals surface area contributed by atoms with Crippen molar-refractivity contribution in [3.8, 4) is 0 Å². The second-order valence-corrected chi connectivity index (χ2v) is 1.79. The third-order valence-electron chi connectivity index (χ3n) is 0.966. The molecule has 0 spiro atoms. The van der Waals surface area contributed by atoms with Gasteiger partial charge in [0.15, 0.2) is 0 Å². The second-order valence-electron chi connectivity index (χ2n) is 1.79. The molecule has 1 unspecified atom stereocenters. The van der Waals surface area contributed by atoms with Crippen molar-refractivity contribution >= 4 is 6.03 Å². The Labute approximate surface area is 81.0 Å². The van der Waals surface area contributed by atoms with Crippen LogP contribution in [-0.4, -0.2) is 25.8 Å². The van der Waals surface area contributed by atoms with Gasteiger partial charge in [0.1, 0.15) is 0 Å². The molecular weight excluding hydrogens is 321 g/mol. The van der Waals surface area contributed by atoms with Crippen molar-refractivity contribution in [3.05, 3.63) is 0 Å². The summed E-state index contributed by atoms with van der Waals surface area (Å²) in [5, 5.41) is 2.41. The largest absolute Gasteiger partial charge is 1.00 e. The molecule has 0 aromatic rings. The van der Waals surface area contributed by atoms with E-state index in [1.54, 1.807) is 7.11 Å². The minimum atomic E-state index is -0.515. The maximum absolute atomic E-state index is 10.1. The van der Waals surface area contributed by atoms with E-state index in [4.69, 9.17) is 10.5 Å². The first-order chi connectivity index (χ1) is 4.16. The SMILES string of the molecule is COC(C)CNC(N)=O.[Hg+]. The third-order valence-corrected chi connectivity index (χ3v) is 0.966. The van der Waals surface area contributed by atoms with E-state index >= 15 is 0 Å². The molecule has 0 aliphatic heterocycles. The summed E-state index contributed by atoms with van der Waals surface area (Å²) in [4.78, 5) is 10.1. The van der Waals surface area contributed by atoms with E-state index in [9.17, 15) is 4.79 Å². The fraction of sp³-hybridized carbons (Fsp3) is 0.800. The van der Waals surface area contributed by atoms with Gasteiger partial charge in [-0.25, -0.2) is 4.79 Å². The van der Waals surface area contributed by atoms with Gasteiger partial charge in [-0.3, -0.25) is 0 Å². The first kappa shape index (κ1) is 12.8. The van der Waals surface area contributed by atoms with Gasteiger partial charge >= 0.3 is 33.7 Å². The number of urea groups is 1. The summed E-state index contributed by atoms with van der Waals surface area (Å²) < 4.78 is 4.83. The summed E-state index contributed by atoms with van der Waals surface area (Å²) in [6.07, 6.45) is 0.0255. The van der Waals surface area contributed by atoms with Crippen molar-refractivity contribution in [3.63, 3.8) is 0 Å². The predicted octanol–water partition coefficient (Wildman–Crippen LogP) is -0.313. The smallest absolute Gasteiger partial charge is 0.380 e. The van der Waals surface area contributed by atoms with Crippen LogP contribution in [0.3, 0.4) is 0 Å². The van der Waals surface area contributed by atoms with Gasteiger partial charge in [0, 0.05) is 13.7 Å². The molecule has 0 aliphatic carbocycles. The number of primary amides is 1. The molecular formula is C5H12HgN2O2+. The Morgan fingerprint density at radius 1 is 1.80 bits per heavy atom. The Bertz CT molecular complexity index is 99.6. The molecule has 4 nitrogen and oxygen atoms in total. The Kier molecular flexibility index (Phi) is 9.32. The van der Waals surface area contributed by atoms with Crippen LogP contribution < -0.4 is 11.1 Å². The second kappa shape index (κ2) is 7.27. The van der Waals surface area contributed by atoms with Gasteiger partial charge in [-0.15, -0.1) is 0 Å². The molecule has 0 aromatic heterocycles. The fourth-order valence-electron chi connectivity index (χ4n) is 0.328. The van der Waals surface area contributed by atoms with Gasteiger partial charge in [0.25, 0.3) is 0 Å². The van der Waals surface area contributed by atoms with E-state index in [-0.39, 0.29) is 33.8 Å². The van der Waals surface area contributed by atoms with E-state index in [1.807, 2.05) is 6.92 Å². The number of amides is 2. The molecule has 0 rings (SSSR count). The molecule has 2 amide bonds. The Balaban J connectivity index is 0. The average Bonchev–Trinajstić information content (AvgIpc) is 1.83. The molecule has 1 radical (unpaired) electrons. The molecule has 3 N–H and O–H groups in total. The van der Waals surface area contributed by atoms with Crippen LogP contribution in [0.4, 0.5) is 4.79 Å². The van der Waals surface area contributed by atoms with Gasteiger partial charge in [-0.1, -0.05) is 0 Å². The average molecular weight is 333 g/mol. The molecule has 0 saturated carbocycles. The number of nitrogens with two attached hydrogens (primary N) is 1. The number of hydrogen-bond donors (Lipinski definition) is 2. The fourth-order valence-corrected chi connectivity index (χ4v) is 0.328. The van der Waals surface area contributed by atoms with Crippen LogP contribution in [0, 0.1) is 0 Å². The maximum atomic E-state index is 10.1. The first-order valence-electron chi connectivity index (χ1n) is 2.73. The van der Waals surface area contributed by atoms with E-state index < -0.39 is 6.03 Å². The number of ether oxygens (including phenoxy) is 1. The summed E-state index contributed by atoms with van der Waals surface area (Å²) in [6.45, 7) is 2.31. The Hall–Kier alpha value is 0.165. The maximum Gasteiger partial charge on any atom is 1.00 e. The predicted molar refractivity (Wildman–Crippen MR) is 34.1 cm³/mol. The normalized spacial score (nSPS) is 11.4. The molecule has 0 aliphatic rings. The van der Waals surface area contributed by atoms with E-state index in [2.05, 4.69) is 5.32 Å². The van der Waals surface area contributed by atoms with Crippen LogP contribution in [0.2, 0.25) is 0 Å². The number of carbonyl (C=O) groups is 1. The standard InChI is InChI=1S/C5H12N2O2.Hg/c1-4(9-2)3-7-5(6)8;/h4H,3H2,1-2H3,(H3,6,7,8);/q;+1. The van der Waals surface area contributed by atoms with Crippen molar-refractivity contribution in [2.24, 2.45) is 5.73 Å². The van der Waals surface area contributed by atoms with Crippen molar-refractivity contribution in [2.75, 3.05) is 13.7 Å². The van der Waals surface area contributed by atoms with Crippen LogP contribution >= 0.6 is 0 Å². The molecule has 55 valence electrons. The summed E-state index contributed by atoms with van der Waals surface area (Å²) in [5.74, 6) is 0. The van der Waals surface area contributed by atoms with E-state index in [0.717, 1.165) is 0 Å². The quantitative estimate of drug-likeness (QED) is 0.696. The van der Waals surface area contributed by atoms with Crippen molar-refractivity contribution in [2.45, 2.75) is 13.0 Å². The molecule has 0 fully saturated rings. The molecule has 1 atom stereocenters. The number of methoxy groups -OCH3 is 1. The molecule has 10 heavy (non-hydrogen) atoms. The van der Waals surface area contributed by atoms with Crippen molar-refractivity contribution < 1.29 is 37.2 Å². The number of rotatable bonds is 3. The van der Waals surface area contributed by atoms with E-state index in [1.165, 1.54) is 0 Å². The van der Waals surface area contributed by atoms with Crippen LogP contribution in [0.5, 0.6) is 0 Å². The summed E-state index contributed by atoms with van der Waals surface area (Å²) in [5.41, 5.74) is 4.79. The van der Waals surface area contributed by atoms with Crippen molar-refractivity contribution in [1.29, 1.82) is 0 Å². The minimum Gasteiger partial charge on any atom is -0.380 e. The zero-order valence-electron chi connectivity index (χ0n) is 6.39. The zero-order valence-corrected chi connectivity index (χ0v) is 11.9. The van der Waals surface area contributed by atoms with Gasteiger partial charge in [-0.05, 0) is 6.92 Å². The molecule has 0 bridgehead atoms. The molecule has 0 saturated heterocycles. The minimum absolute atomic E-state index is 0. The Morgan fingerprint density at radius 2 is 2.30 bits per heavy atom. The van der Waals surface area contributed by atoms with Crippen LogP contribution in [0.15, 0.2) is 0 Å². The van der Waals surface area contributed by atoms with Crippen LogP contribution in [-0.2, 0) is 32.4 Å². The molecule has 0 aromatic carbocycles. The number of nitrogens with one attached hydrogen (secondary N) is 1. The van der Waals surface area contributed by atoms with E-state index in [0.29, 0.717) is 6.54 Å². The van der Waals surface area contributed by atoms with Gasteiger partial charge in [-0.2, -0.15) is 0 Å². The third kappa shape index (κ3) is 8.17. The van der Waals surface area contributed by atoms with Gasteiger partial charge < -0.3 is 15.8 Å². The Morgan fingerprint density at radius 3 is 2.60 bits per heavy atom. The summed E-state index contributed by atoms with van der Waals surface area (Å²) >= 11 is 0. The van der Waals surface area contributed by atoms with Crippen LogP contribution in [0.1, 0.15) is 6.92 Å². The molecule has 5 heteroatoms. The number of hydrogen-bond acceptors (Lipinski definition) is 2. The topological polar surface area (TPSA) is 64.3 Å².